The van der Waals surface area contributed by atoms with Gasteiger partial charge in [-0.15, -0.1) is 0 Å². The van der Waals surface area contributed by atoms with Crippen LogP contribution in [0.2, 0.25) is 0 Å². The third kappa shape index (κ3) is 12.3. The lowest BCUT2D eigenvalue weighted by Gasteiger charge is -2.60. The maximum atomic E-state index is 12.6. The van der Waals surface area contributed by atoms with E-state index in [9.17, 15) is 39.3 Å². The summed E-state index contributed by atoms with van der Waals surface area (Å²) in [6.07, 6.45) is 53.0. The molecule has 9 nitrogen and oxygen atoms in total. The molecule has 0 unspecified atom stereocenters. The number of hydrogen-bond donors (Lipinski definition) is 3. The fourth-order valence-corrected chi connectivity index (χ4v) is 26.2. The Bertz CT molecular complexity index is 3090. The van der Waals surface area contributed by atoms with Gasteiger partial charge < -0.3 is 20.1 Å². The van der Waals surface area contributed by atoms with Crippen molar-refractivity contribution < 1.29 is 44.0 Å². The molecule has 16 aliphatic rings. The second-order valence-corrected chi connectivity index (χ2v) is 36.0. The van der Waals surface area contributed by atoms with Gasteiger partial charge >= 0.3 is 5.97 Å². The molecule has 0 saturated heterocycles. The number of esters is 1. The van der Waals surface area contributed by atoms with Crippen molar-refractivity contribution in [1.29, 1.82) is 0 Å². The van der Waals surface area contributed by atoms with Crippen LogP contribution in [0, 0.1) is 110 Å². The van der Waals surface area contributed by atoms with Crippen LogP contribution in [0.25, 0.3) is 0 Å². The molecule has 94 heavy (non-hydrogen) atoms. The summed E-state index contributed by atoms with van der Waals surface area (Å²) in [5.74, 6) is 11.1. The number of fused-ring (bicyclic) bond motifs is 19. The van der Waals surface area contributed by atoms with Gasteiger partial charge in [0, 0.05) is 42.9 Å². The molecule has 0 heterocycles. The van der Waals surface area contributed by atoms with Gasteiger partial charge in [-0.3, -0.25) is 24.0 Å². The molecule has 10 fully saturated rings. The molecule has 0 aromatic carbocycles. The SMILES string of the molecule is CC1=CC(=O)C[C@@H]2CC[C@H]3[C@@H]4CC[C@H](O)[C@@]4(C)CC[C@@H]3[C@@]12C.CCCCCCCCCC(=O)O[C@H]1CC[C@H]2[C@@H]3CCC4=CC(=O)CC[C@@H]4[C@H]3CC[C@]12C.C[C@]1(O)CC[C@H]2[C@@H]3CCC4=CC(=O)CCC4=C3C=C[C@@]21C.C[C@]12CC[C@H]3[C@@H](CCC4=CC(=O)CC[C@@H]43)[C@@H]1CC[C@@H]2O. The Morgan fingerprint density at radius 1 is 0.489 bits per heavy atom. The molecule has 0 radical (unpaired) electrons. The molecule has 9 heteroatoms. The van der Waals surface area contributed by atoms with Crippen molar-refractivity contribution in [2.75, 3.05) is 0 Å². The van der Waals surface area contributed by atoms with E-state index in [0.717, 1.165) is 151 Å². The highest BCUT2D eigenvalue weighted by atomic mass is 16.5. The Morgan fingerprint density at radius 3 is 1.69 bits per heavy atom. The number of rotatable bonds is 9. The molecule has 0 spiro atoms. The summed E-state index contributed by atoms with van der Waals surface area (Å²) in [5, 5.41) is 31.7. The monoisotopic (exact) mass is 1290 g/mol. The van der Waals surface area contributed by atoms with E-state index in [4.69, 9.17) is 4.74 Å². The van der Waals surface area contributed by atoms with Gasteiger partial charge in [0.1, 0.15) is 6.10 Å². The van der Waals surface area contributed by atoms with Gasteiger partial charge in [0.2, 0.25) is 0 Å². The normalized spacial score (nSPS) is 45.8. The predicted molar refractivity (Wildman–Crippen MR) is 373 cm³/mol. The number of ether oxygens (including phenoxy) is 1. The van der Waals surface area contributed by atoms with Crippen molar-refractivity contribution in [2.24, 2.45) is 110 Å². The van der Waals surface area contributed by atoms with E-state index < -0.39 is 5.60 Å². The summed E-state index contributed by atoms with van der Waals surface area (Å²) in [4.78, 5) is 59.8. The van der Waals surface area contributed by atoms with Crippen LogP contribution in [0.4, 0.5) is 0 Å². The first-order valence-electron chi connectivity index (χ1n) is 39.5. The second-order valence-electron chi connectivity index (χ2n) is 36.0. The van der Waals surface area contributed by atoms with Crippen molar-refractivity contribution in [3.8, 4) is 0 Å². The third-order valence-corrected chi connectivity index (χ3v) is 32.0. The zero-order valence-electron chi connectivity index (χ0n) is 59.7. The summed E-state index contributed by atoms with van der Waals surface area (Å²) in [7, 11) is 0. The van der Waals surface area contributed by atoms with Gasteiger partial charge in [-0.1, -0.05) is 109 Å². The van der Waals surface area contributed by atoms with Gasteiger partial charge in [-0.05, 0) is 321 Å². The highest BCUT2D eigenvalue weighted by Gasteiger charge is 2.63. The molecule has 0 aliphatic heterocycles. The number of aliphatic hydroxyl groups is 3. The molecule has 3 N–H and O–H groups in total. The number of carbonyl (C=O) groups excluding carboxylic acids is 5. The first kappa shape index (κ1) is 69.0. The molecule has 16 rings (SSSR count). The van der Waals surface area contributed by atoms with Gasteiger partial charge in [0.15, 0.2) is 23.1 Å². The number of allylic oxidation sites excluding steroid dienone is 9. The zero-order valence-corrected chi connectivity index (χ0v) is 59.7. The Labute approximate surface area is 566 Å². The smallest absolute Gasteiger partial charge is 0.306 e. The minimum absolute atomic E-state index is 0.0437. The van der Waals surface area contributed by atoms with Crippen LogP contribution in [-0.2, 0) is 28.7 Å². The molecule has 23 atom stereocenters. The van der Waals surface area contributed by atoms with Crippen molar-refractivity contribution >= 4 is 29.1 Å². The Kier molecular flexibility index (Phi) is 20.0. The average molecular weight is 1290 g/mol. The lowest BCUT2D eigenvalue weighted by molar-refractivity contribution is -0.159. The molecule has 16 aliphatic carbocycles. The number of ketones is 4. The largest absolute Gasteiger partial charge is 0.462 e. The molecule has 0 aromatic rings. The van der Waals surface area contributed by atoms with Crippen molar-refractivity contribution in [2.45, 2.75) is 317 Å². The van der Waals surface area contributed by atoms with Gasteiger partial charge in [-0.2, -0.15) is 0 Å². The van der Waals surface area contributed by atoms with Gasteiger partial charge in [0.05, 0.1) is 17.8 Å². The Hall–Kier alpha value is -3.53. The van der Waals surface area contributed by atoms with E-state index >= 15 is 0 Å². The standard InChI is InChI=1S/C28H44O3.C20H30O2.C19H24O2.C18H26O2/c1-3-4-5-6-7-8-9-10-27(30)31-26-16-15-25-24-13-11-20-19-21(29)12-14-22(20)23(24)17-18-28(25,26)2;1-12-10-14(21)11-13-4-5-15-16-6-7-18(22)19(16,2)9-8-17(15)20(12,13)3;1-18-9-7-15-14-6-4-13(20)11-12(14)3-5-16(15)17(18)8-10-19(18,2)21;1-18-9-8-14-13-5-3-12(19)10-11(13)2-4-15(14)16(18)6-7-17(18)20/h19,22-26H,3-18H2,1-2H3;10,13,15-18,22H,4-9,11H2,1-3H3;7,9,11,16-17,21H,3-6,8,10H2,1-2H3;10,13-17,20H,2-9H2,1H3/t22-,23+,24+,25-,26-,28-;13-,15-,16-,17-,18-,19-,20-;16-,17+,18+,19+;13-,14+,15+,16-,17-,18-/m0010/s1. The lowest BCUT2D eigenvalue weighted by atomic mass is 9.45. The van der Waals surface area contributed by atoms with Gasteiger partial charge in [0.25, 0.3) is 0 Å². The highest BCUT2D eigenvalue weighted by molar-refractivity contribution is 5.94. The Morgan fingerprint density at radius 2 is 1.04 bits per heavy atom. The molecule has 10 saturated carbocycles. The summed E-state index contributed by atoms with van der Waals surface area (Å²) in [5.41, 5.74) is 8.53. The first-order chi connectivity index (χ1) is 44.9. The summed E-state index contributed by atoms with van der Waals surface area (Å²) in [6.45, 7) is 18.2. The average Bonchev–Trinajstić information content (AvgIpc) is 1.37. The first-order valence-corrected chi connectivity index (χ1v) is 39.5. The van der Waals surface area contributed by atoms with Crippen LogP contribution in [0.5, 0.6) is 0 Å². The van der Waals surface area contributed by atoms with Crippen LogP contribution in [0.3, 0.4) is 0 Å². The highest BCUT2D eigenvalue weighted by Crippen LogP contribution is 2.68. The molecule has 518 valence electrons. The van der Waals surface area contributed by atoms with Crippen LogP contribution < -0.4 is 0 Å². The second kappa shape index (κ2) is 27.2. The molecular weight excluding hydrogens is 1160 g/mol. The maximum absolute atomic E-state index is 12.6. The summed E-state index contributed by atoms with van der Waals surface area (Å²) >= 11 is 0. The zero-order chi connectivity index (χ0) is 66.3. The molecule has 0 amide bonds. The maximum Gasteiger partial charge on any atom is 0.306 e. The van der Waals surface area contributed by atoms with E-state index in [0.29, 0.717) is 77.4 Å². The number of unbranched alkanes of at least 4 members (excludes halogenated alkanes) is 6. The van der Waals surface area contributed by atoms with E-state index in [-0.39, 0.29) is 51.4 Å². The van der Waals surface area contributed by atoms with Crippen molar-refractivity contribution in [1.82, 2.24) is 0 Å². The fourth-order valence-electron chi connectivity index (χ4n) is 26.2. The minimum Gasteiger partial charge on any atom is -0.462 e. The van der Waals surface area contributed by atoms with E-state index in [1.165, 1.54) is 149 Å². The lowest BCUT2D eigenvalue weighted by Crippen LogP contribution is -2.54. The predicted octanol–water partition coefficient (Wildman–Crippen LogP) is 18.5. The number of hydrogen-bond acceptors (Lipinski definition) is 9. The fraction of sp³-hybridized carbons (Fsp3) is 0.800. The van der Waals surface area contributed by atoms with Crippen molar-refractivity contribution in [3.05, 3.63) is 69.9 Å². The number of carbonyl (C=O) groups is 5. The van der Waals surface area contributed by atoms with E-state index in [1.807, 2.05) is 31.2 Å². The molecule has 0 bridgehead atoms. The summed E-state index contributed by atoms with van der Waals surface area (Å²) in [6, 6.07) is 0. The van der Waals surface area contributed by atoms with Crippen LogP contribution in [-0.4, -0.2) is 68.3 Å². The van der Waals surface area contributed by atoms with Gasteiger partial charge in [-0.25, -0.2) is 0 Å². The van der Waals surface area contributed by atoms with Crippen LogP contribution in [0.15, 0.2) is 69.9 Å². The summed E-state index contributed by atoms with van der Waals surface area (Å²) < 4.78 is 6.13. The minimum atomic E-state index is -0.580. The third-order valence-electron chi connectivity index (χ3n) is 32.0. The molecular formula is C85H124O9. The van der Waals surface area contributed by atoms with Crippen LogP contribution in [0.1, 0.15) is 293 Å². The number of aliphatic hydroxyl groups excluding tert-OH is 2. The Balaban J connectivity index is 0.000000116. The quantitative estimate of drug-likeness (QED) is 0.151. The van der Waals surface area contributed by atoms with Crippen molar-refractivity contribution in [3.63, 3.8) is 0 Å². The topological polar surface area (TPSA) is 155 Å². The van der Waals surface area contributed by atoms with E-state index in [2.05, 4.69) is 60.6 Å². The van der Waals surface area contributed by atoms with Crippen LogP contribution >= 0.6 is 0 Å². The van der Waals surface area contributed by atoms with E-state index in [1.54, 1.807) is 0 Å². The molecule has 0 aromatic heterocycles.